The van der Waals surface area contributed by atoms with Crippen LogP contribution >= 0.6 is 0 Å². The van der Waals surface area contributed by atoms with Crippen LogP contribution in [0.4, 0.5) is 4.39 Å². The average Bonchev–Trinajstić information content (AvgIpc) is 3.59. The van der Waals surface area contributed by atoms with Gasteiger partial charge in [-0.25, -0.2) is 4.39 Å². The fourth-order valence-electron chi connectivity index (χ4n) is 4.07. The molecule has 5 heteroatoms. The van der Waals surface area contributed by atoms with Crippen LogP contribution in [0, 0.1) is 11.7 Å². The number of halogens is 1. The van der Waals surface area contributed by atoms with E-state index < -0.39 is 0 Å². The first-order valence-corrected chi connectivity index (χ1v) is 10.5. The van der Waals surface area contributed by atoms with Crippen LogP contribution < -0.4 is 0 Å². The third-order valence-electron chi connectivity index (χ3n) is 6.11. The molecule has 1 heterocycles. The number of hydrogen-bond donors (Lipinski definition) is 0. The highest BCUT2D eigenvalue weighted by Crippen LogP contribution is 2.35. The Kier molecular flexibility index (Phi) is 6.26. The molecular formula is C24H29FN2O2. The van der Waals surface area contributed by atoms with Crippen LogP contribution in [-0.4, -0.2) is 48.0 Å². The fraction of sp³-hybridized carbons (Fsp3) is 0.458. The van der Waals surface area contributed by atoms with Gasteiger partial charge < -0.3 is 9.64 Å². The van der Waals surface area contributed by atoms with E-state index in [9.17, 15) is 9.18 Å². The van der Waals surface area contributed by atoms with E-state index in [1.54, 1.807) is 12.1 Å². The summed E-state index contributed by atoms with van der Waals surface area (Å²) >= 11 is 0. The Bertz CT molecular complexity index is 807. The number of carbonyl (C=O) groups is 1. The van der Waals surface area contributed by atoms with Gasteiger partial charge in [-0.2, -0.15) is 0 Å². The summed E-state index contributed by atoms with van der Waals surface area (Å²) in [5.74, 6) is 0.579. The van der Waals surface area contributed by atoms with Crippen molar-refractivity contribution in [1.82, 2.24) is 9.80 Å². The van der Waals surface area contributed by atoms with Crippen LogP contribution in [0.25, 0.3) is 0 Å². The van der Waals surface area contributed by atoms with Crippen LogP contribution in [0.15, 0.2) is 54.6 Å². The zero-order valence-electron chi connectivity index (χ0n) is 17.0. The molecule has 2 aromatic carbocycles. The summed E-state index contributed by atoms with van der Waals surface area (Å²) in [4.78, 5) is 17.4. The number of benzene rings is 2. The number of amides is 1. The van der Waals surface area contributed by atoms with Gasteiger partial charge in [-0.1, -0.05) is 42.5 Å². The summed E-state index contributed by atoms with van der Waals surface area (Å²) in [6.07, 6.45) is 2.31. The normalized spacial score (nSPS) is 20.7. The van der Waals surface area contributed by atoms with E-state index in [0.717, 1.165) is 12.1 Å². The van der Waals surface area contributed by atoms with Crippen molar-refractivity contribution in [1.29, 1.82) is 0 Å². The van der Waals surface area contributed by atoms with Crippen LogP contribution in [0.3, 0.4) is 0 Å². The molecule has 29 heavy (non-hydrogen) atoms. The standard InChI is InChI=1S/C24H29FN2O2/c1-18(20-7-8-20)27(15-19-5-3-2-4-6-19)17-24(28)26-13-14-29-23(16-26)21-9-11-22(25)12-10-21/h2-6,9-12,18,20,23H,7-8,13-17H2,1H3. The maximum Gasteiger partial charge on any atom is 0.236 e. The van der Waals surface area contributed by atoms with Crippen molar-refractivity contribution in [3.8, 4) is 0 Å². The third kappa shape index (κ3) is 5.22. The van der Waals surface area contributed by atoms with Crippen LogP contribution in [0.1, 0.15) is 37.0 Å². The van der Waals surface area contributed by atoms with Crippen molar-refractivity contribution < 1.29 is 13.9 Å². The molecule has 1 amide bonds. The van der Waals surface area contributed by atoms with Crippen LogP contribution in [-0.2, 0) is 16.1 Å². The average molecular weight is 397 g/mol. The van der Waals surface area contributed by atoms with E-state index in [4.69, 9.17) is 4.74 Å². The lowest BCUT2D eigenvalue weighted by atomic mass is 10.1. The lowest BCUT2D eigenvalue weighted by Gasteiger charge is -2.36. The highest BCUT2D eigenvalue weighted by Gasteiger charge is 2.34. The molecule has 0 aromatic heterocycles. The third-order valence-corrected chi connectivity index (χ3v) is 6.11. The van der Waals surface area contributed by atoms with Crippen molar-refractivity contribution in [3.05, 3.63) is 71.5 Å². The van der Waals surface area contributed by atoms with Gasteiger partial charge in [-0.3, -0.25) is 9.69 Å². The van der Waals surface area contributed by atoms with Gasteiger partial charge in [0.2, 0.25) is 5.91 Å². The van der Waals surface area contributed by atoms with Gasteiger partial charge in [-0.15, -0.1) is 0 Å². The summed E-state index contributed by atoms with van der Waals surface area (Å²) in [6.45, 7) is 5.08. The molecule has 154 valence electrons. The molecule has 4 rings (SSSR count). The predicted molar refractivity (Wildman–Crippen MR) is 111 cm³/mol. The first-order chi connectivity index (χ1) is 14.1. The van der Waals surface area contributed by atoms with Gasteiger partial charge in [0, 0.05) is 19.1 Å². The molecule has 2 fully saturated rings. The number of morpholine rings is 1. The van der Waals surface area contributed by atoms with Gasteiger partial charge in [0.05, 0.1) is 19.7 Å². The lowest BCUT2D eigenvalue weighted by Crippen LogP contribution is -2.48. The Morgan fingerprint density at radius 1 is 1.17 bits per heavy atom. The summed E-state index contributed by atoms with van der Waals surface area (Å²) in [5.41, 5.74) is 2.15. The highest BCUT2D eigenvalue weighted by molar-refractivity contribution is 5.78. The maximum absolute atomic E-state index is 13.2. The molecule has 4 nitrogen and oxygen atoms in total. The monoisotopic (exact) mass is 396 g/mol. The second-order valence-corrected chi connectivity index (χ2v) is 8.22. The van der Waals surface area contributed by atoms with Crippen molar-refractivity contribution in [2.24, 2.45) is 5.92 Å². The van der Waals surface area contributed by atoms with Gasteiger partial charge in [-0.05, 0) is 48.9 Å². The summed E-state index contributed by atoms with van der Waals surface area (Å²) in [7, 11) is 0. The van der Waals surface area contributed by atoms with Crippen LogP contribution in [0.2, 0.25) is 0 Å². The van der Waals surface area contributed by atoms with E-state index in [1.165, 1.54) is 30.5 Å². The first kappa shape index (κ1) is 20.0. The molecular weight excluding hydrogens is 367 g/mol. The molecule has 0 bridgehead atoms. The minimum Gasteiger partial charge on any atom is -0.370 e. The van der Waals surface area contributed by atoms with E-state index in [-0.39, 0.29) is 17.8 Å². The maximum atomic E-state index is 13.2. The number of rotatable bonds is 7. The van der Waals surface area contributed by atoms with E-state index in [1.807, 2.05) is 23.1 Å². The number of ether oxygens (including phenoxy) is 1. The highest BCUT2D eigenvalue weighted by atomic mass is 19.1. The zero-order valence-corrected chi connectivity index (χ0v) is 17.0. The predicted octanol–water partition coefficient (Wildman–Crippen LogP) is 4.03. The van der Waals surface area contributed by atoms with Gasteiger partial charge in [0.15, 0.2) is 0 Å². The molecule has 2 atom stereocenters. The molecule has 0 N–H and O–H groups in total. The Balaban J connectivity index is 1.41. The van der Waals surface area contributed by atoms with Crippen molar-refractivity contribution in [3.63, 3.8) is 0 Å². The van der Waals surface area contributed by atoms with Crippen molar-refractivity contribution >= 4 is 5.91 Å². The Morgan fingerprint density at radius 2 is 1.90 bits per heavy atom. The molecule has 2 aromatic rings. The second-order valence-electron chi connectivity index (χ2n) is 8.22. The van der Waals surface area contributed by atoms with Crippen LogP contribution in [0.5, 0.6) is 0 Å². The van der Waals surface area contributed by atoms with Gasteiger partial charge >= 0.3 is 0 Å². The Labute approximate surface area is 172 Å². The van der Waals surface area contributed by atoms with Crippen molar-refractivity contribution in [2.75, 3.05) is 26.2 Å². The van der Waals surface area contributed by atoms with Crippen molar-refractivity contribution in [2.45, 2.75) is 38.5 Å². The fourth-order valence-corrected chi connectivity index (χ4v) is 4.07. The van der Waals surface area contributed by atoms with Gasteiger partial charge in [0.25, 0.3) is 0 Å². The molecule has 2 aliphatic rings. The minimum atomic E-state index is -0.261. The van der Waals surface area contributed by atoms with E-state index >= 15 is 0 Å². The Morgan fingerprint density at radius 3 is 2.59 bits per heavy atom. The second kappa shape index (κ2) is 9.06. The molecule has 0 spiro atoms. The molecule has 1 aliphatic carbocycles. The minimum absolute atomic E-state index is 0.142. The topological polar surface area (TPSA) is 32.8 Å². The molecule has 2 unspecified atom stereocenters. The van der Waals surface area contributed by atoms with E-state index in [2.05, 4.69) is 24.0 Å². The largest absolute Gasteiger partial charge is 0.370 e. The summed E-state index contributed by atoms with van der Waals surface area (Å²) in [5, 5.41) is 0. The SMILES string of the molecule is CC(C1CC1)N(CC(=O)N1CCOC(c2ccc(F)cc2)C1)Cc1ccccc1. The zero-order chi connectivity index (χ0) is 20.2. The number of hydrogen-bond acceptors (Lipinski definition) is 3. The molecule has 1 aliphatic heterocycles. The Hall–Kier alpha value is -2.24. The molecule has 0 radical (unpaired) electrons. The first-order valence-electron chi connectivity index (χ1n) is 10.5. The van der Waals surface area contributed by atoms with E-state index in [0.29, 0.717) is 38.2 Å². The summed E-state index contributed by atoms with van der Waals surface area (Å²) in [6, 6.07) is 17.1. The smallest absolute Gasteiger partial charge is 0.236 e. The van der Waals surface area contributed by atoms with Gasteiger partial charge in [0.1, 0.15) is 11.9 Å². The number of nitrogens with zero attached hydrogens (tertiary/aromatic N) is 2. The lowest BCUT2D eigenvalue weighted by molar-refractivity contribution is -0.141. The number of carbonyl (C=O) groups excluding carboxylic acids is 1. The summed E-state index contributed by atoms with van der Waals surface area (Å²) < 4.78 is 19.1. The molecule has 1 saturated carbocycles. The quantitative estimate of drug-likeness (QED) is 0.709. The molecule has 1 saturated heterocycles.